The van der Waals surface area contributed by atoms with Crippen LogP contribution in [0.15, 0.2) is 120 Å². The third-order valence-corrected chi connectivity index (χ3v) is 10.5. The molecule has 1 atom stereocenters. The Balaban J connectivity index is 1.80. The maximum Gasteiger partial charge on any atom is 0.279 e. The summed E-state index contributed by atoms with van der Waals surface area (Å²) < 4.78 is 70.1. The van der Waals surface area contributed by atoms with Crippen LogP contribution in [0.5, 0.6) is 0 Å². The number of Topliss-reactive ketones (excluding diaryl/α,β-unsaturated/α-hetero) is 1. The fourth-order valence-electron chi connectivity index (χ4n) is 4.38. The van der Waals surface area contributed by atoms with Crippen LogP contribution < -0.4 is 0 Å². The molecule has 0 N–H and O–H groups in total. The van der Waals surface area contributed by atoms with Crippen molar-refractivity contribution in [3.05, 3.63) is 126 Å². The average Bonchev–Trinajstić information content (AvgIpc) is 2.93. The van der Waals surface area contributed by atoms with Crippen LogP contribution in [0.2, 0.25) is 0 Å². The molecule has 0 heterocycles. The summed E-state index contributed by atoms with van der Waals surface area (Å²) in [5, 5.41) is 0. The predicted molar refractivity (Wildman–Crippen MR) is 154 cm³/mol. The molecule has 212 valence electrons. The van der Waals surface area contributed by atoms with Crippen molar-refractivity contribution in [1.82, 2.24) is 3.71 Å². The van der Waals surface area contributed by atoms with Gasteiger partial charge in [0.15, 0.2) is 5.78 Å². The molecule has 0 saturated carbocycles. The minimum atomic E-state index is -5.06. The number of alkyl halides is 1. The molecule has 4 aromatic rings. The number of halogens is 1. The Kier molecular flexibility index (Phi) is 8.55. The molecule has 0 saturated heterocycles. The lowest BCUT2D eigenvalue weighted by Crippen LogP contribution is -2.51. The number of benzene rings is 4. The third kappa shape index (κ3) is 6.61. The SMILES string of the molecule is CC(C)(F)C(C(=O)c1ccc(-c2ccccc2)cc1)C(=O)N(S(=O)(=O)Cc1ccccc1)S(=O)(=O)c1ccccc1. The summed E-state index contributed by atoms with van der Waals surface area (Å²) in [6.07, 6.45) is 0. The number of ketones is 1. The molecule has 4 rings (SSSR count). The van der Waals surface area contributed by atoms with E-state index in [1.54, 1.807) is 30.3 Å². The van der Waals surface area contributed by atoms with Gasteiger partial charge in [-0.15, -0.1) is 3.71 Å². The fraction of sp³-hybridized carbons (Fsp3) is 0.161. The molecule has 0 spiro atoms. The number of nitrogens with zero attached hydrogens (tertiary/aromatic N) is 1. The van der Waals surface area contributed by atoms with Crippen molar-refractivity contribution in [2.45, 2.75) is 30.2 Å². The molecule has 0 aliphatic heterocycles. The topological polar surface area (TPSA) is 106 Å². The Morgan fingerprint density at radius 3 is 1.68 bits per heavy atom. The minimum absolute atomic E-state index is 0.0775. The number of hydrogen-bond acceptors (Lipinski definition) is 6. The zero-order chi connectivity index (χ0) is 29.8. The molecule has 1 unspecified atom stereocenters. The van der Waals surface area contributed by atoms with Crippen LogP contribution in [0.25, 0.3) is 11.1 Å². The van der Waals surface area contributed by atoms with Gasteiger partial charge in [0.25, 0.3) is 26.0 Å². The molecule has 10 heteroatoms. The normalized spacial score (nSPS) is 12.9. The third-order valence-electron chi connectivity index (χ3n) is 6.36. The largest absolute Gasteiger partial charge is 0.293 e. The second-order valence-electron chi connectivity index (χ2n) is 9.90. The van der Waals surface area contributed by atoms with E-state index in [4.69, 9.17) is 0 Å². The van der Waals surface area contributed by atoms with Crippen LogP contribution in [0.1, 0.15) is 29.8 Å². The highest BCUT2D eigenvalue weighted by atomic mass is 32.3. The number of rotatable bonds is 10. The molecular weight excluding hydrogens is 565 g/mol. The molecule has 1 amide bonds. The first-order chi connectivity index (χ1) is 19.3. The first-order valence-electron chi connectivity index (χ1n) is 12.6. The minimum Gasteiger partial charge on any atom is -0.293 e. The maximum atomic E-state index is 15.7. The Morgan fingerprint density at radius 1 is 0.707 bits per heavy atom. The van der Waals surface area contributed by atoms with Crippen LogP contribution in [-0.2, 0) is 30.6 Å². The van der Waals surface area contributed by atoms with Gasteiger partial charge in [-0.3, -0.25) is 9.59 Å². The van der Waals surface area contributed by atoms with Gasteiger partial charge < -0.3 is 0 Å². The lowest BCUT2D eigenvalue weighted by atomic mass is 9.85. The summed E-state index contributed by atoms with van der Waals surface area (Å²) in [5.41, 5.74) is -0.891. The van der Waals surface area contributed by atoms with Gasteiger partial charge in [-0.25, -0.2) is 12.8 Å². The molecule has 0 radical (unpaired) electrons. The lowest BCUT2D eigenvalue weighted by molar-refractivity contribution is -0.129. The second-order valence-corrected chi connectivity index (χ2v) is 13.7. The zero-order valence-electron chi connectivity index (χ0n) is 22.3. The summed E-state index contributed by atoms with van der Waals surface area (Å²) in [6.45, 7) is 1.87. The molecule has 7 nitrogen and oxygen atoms in total. The van der Waals surface area contributed by atoms with Gasteiger partial charge in [0, 0.05) is 5.56 Å². The van der Waals surface area contributed by atoms with Crippen LogP contribution in [0.3, 0.4) is 0 Å². The van der Waals surface area contributed by atoms with E-state index >= 15 is 4.39 Å². The summed E-state index contributed by atoms with van der Waals surface area (Å²) >= 11 is 0. The number of amides is 1. The van der Waals surface area contributed by atoms with Crippen molar-refractivity contribution in [3.8, 4) is 11.1 Å². The average molecular weight is 594 g/mol. The summed E-state index contributed by atoms with van der Waals surface area (Å²) in [7, 11) is -10.0. The molecule has 0 fully saturated rings. The Morgan fingerprint density at radius 2 is 1.17 bits per heavy atom. The predicted octanol–water partition coefficient (Wildman–Crippen LogP) is 5.65. The lowest BCUT2D eigenvalue weighted by Gasteiger charge is -2.30. The van der Waals surface area contributed by atoms with E-state index in [1.807, 2.05) is 30.3 Å². The van der Waals surface area contributed by atoms with E-state index in [1.165, 1.54) is 42.5 Å². The van der Waals surface area contributed by atoms with E-state index in [0.717, 1.165) is 37.1 Å². The van der Waals surface area contributed by atoms with Gasteiger partial charge in [-0.1, -0.05) is 103 Å². The standard InChI is InChI=1S/C31H28FNO6S2/c1-31(2,32)28(29(34)26-20-18-25(19-21-26)24-14-8-4-9-15-24)30(35)33(41(38,39)27-16-10-5-11-17-27)40(36,37)22-23-12-6-3-7-13-23/h3-21,28H,22H2,1-2H3. The van der Waals surface area contributed by atoms with Crippen molar-refractivity contribution in [1.29, 1.82) is 0 Å². The Bertz CT molecular complexity index is 1740. The number of carbonyl (C=O) groups is 2. The van der Waals surface area contributed by atoms with E-state index in [2.05, 4.69) is 0 Å². The monoisotopic (exact) mass is 593 g/mol. The number of sulfonamides is 2. The van der Waals surface area contributed by atoms with Crippen molar-refractivity contribution in [2.24, 2.45) is 5.92 Å². The zero-order valence-corrected chi connectivity index (χ0v) is 24.0. The number of hydrogen-bond donors (Lipinski definition) is 0. The molecular formula is C31H28FNO6S2. The van der Waals surface area contributed by atoms with Crippen molar-refractivity contribution in [2.75, 3.05) is 0 Å². The van der Waals surface area contributed by atoms with Crippen LogP contribution in [0.4, 0.5) is 4.39 Å². The van der Waals surface area contributed by atoms with Crippen LogP contribution >= 0.6 is 0 Å². The highest BCUT2D eigenvalue weighted by Gasteiger charge is 2.50. The quantitative estimate of drug-likeness (QED) is 0.174. The van der Waals surface area contributed by atoms with Gasteiger partial charge >= 0.3 is 0 Å². The summed E-state index contributed by atoms with van der Waals surface area (Å²) in [5.74, 6) is -5.90. The van der Waals surface area contributed by atoms with Gasteiger partial charge in [-0.2, -0.15) is 8.42 Å². The van der Waals surface area contributed by atoms with Gasteiger partial charge in [-0.05, 0) is 42.7 Å². The molecule has 4 aromatic carbocycles. The van der Waals surface area contributed by atoms with Crippen molar-refractivity contribution in [3.63, 3.8) is 0 Å². The second kappa shape index (κ2) is 11.8. The van der Waals surface area contributed by atoms with Gasteiger partial charge in [0.2, 0.25) is 0 Å². The highest BCUT2D eigenvalue weighted by molar-refractivity contribution is 8.04. The molecule has 0 aliphatic carbocycles. The van der Waals surface area contributed by atoms with Gasteiger partial charge in [0.1, 0.15) is 11.6 Å². The number of carbonyl (C=O) groups excluding carboxylic acids is 2. The fourth-order valence-corrected chi connectivity index (χ4v) is 8.14. The van der Waals surface area contributed by atoms with Gasteiger partial charge in [0.05, 0.1) is 10.6 Å². The van der Waals surface area contributed by atoms with Crippen molar-refractivity contribution >= 4 is 31.7 Å². The first kappa shape index (κ1) is 29.8. The summed E-state index contributed by atoms with van der Waals surface area (Å²) in [4.78, 5) is 27.1. The van der Waals surface area contributed by atoms with E-state index < -0.39 is 54.0 Å². The highest BCUT2D eigenvalue weighted by Crippen LogP contribution is 2.33. The molecule has 41 heavy (non-hydrogen) atoms. The Labute approximate surface area is 239 Å². The molecule has 0 aromatic heterocycles. The maximum absolute atomic E-state index is 15.7. The van der Waals surface area contributed by atoms with E-state index in [9.17, 15) is 26.4 Å². The van der Waals surface area contributed by atoms with E-state index in [0.29, 0.717) is 0 Å². The van der Waals surface area contributed by atoms with E-state index in [-0.39, 0.29) is 14.8 Å². The first-order valence-corrected chi connectivity index (χ1v) is 15.7. The molecule has 0 aliphatic rings. The summed E-state index contributed by atoms with van der Waals surface area (Å²) in [6, 6.07) is 29.4. The van der Waals surface area contributed by atoms with Crippen molar-refractivity contribution < 1.29 is 30.8 Å². The van der Waals surface area contributed by atoms with Crippen LogP contribution in [0, 0.1) is 5.92 Å². The van der Waals surface area contributed by atoms with Crippen LogP contribution in [-0.4, -0.2) is 37.9 Å². The smallest absolute Gasteiger partial charge is 0.279 e. The Hall–Kier alpha value is -4.15. The molecule has 0 bridgehead atoms.